The summed E-state index contributed by atoms with van der Waals surface area (Å²) in [6.45, 7) is 4.39. The van der Waals surface area contributed by atoms with Crippen molar-refractivity contribution in [3.8, 4) is 5.75 Å². The average Bonchev–Trinajstić information content (AvgIpc) is 3.02. The van der Waals surface area contributed by atoms with Crippen molar-refractivity contribution in [1.82, 2.24) is 0 Å². The van der Waals surface area contributed by atoms with Crippen molar-refractivity contribution in [2.75, 3.05) is 26.0 Å². The van der Waals surface area contributed by atoms with E-state index in [9.17, 15) is 19.9 Å². The number of hydrogen-bond acceptors (Lipinski definition) is 6. The molecule has 1 aliphatic carbocycles. The minimum absolute atomic E-state index is 0. The predicted molar refractivity (Wildman–Crippen MR) is 128 cm³/mol. The van der Waals surface area contributed by atoms with Gasteiger partial charge < -0.3 is 24.6 Å². The van der Waals surface area contributed by atoms with Gasteiger partial charge in [-0.2, -0.15) is 0 Å². The zero-order valence-corrected chi connectivity index (χ0v) is 36.1. The van der Waals surface area contributed by atoms with Gasteiger partial charge >= 0.3 is 0 Å². The predicted octanol–water partition coefficient (Wildman–Crippen LogP) is 4.40. The Hall–Kier alpha value is 2.89. The fourth-order valence-corrected chi connectivity index (χ4v) is 5.51. The molecule has 6 nitrogen and oxygen atoms in total. The Bertz CT molecular complexity index is 765. The maximum absolute atomic E-state index is 12.1. The van der Waals surface area contributed by atoms with Gasteiger partial charge in [0.15, 0.2) is 7.37 Å². The summed E-state index contributed by atoms with van der Waals surface area (Å²) in [4.78, 5) is 0. The number of ether oxygens (including phenoxy) is 1. The Morgan fingerprint density at radius 2 is 1.80 bits per heavy atom. The van der Waals surface area contributed by atoms with E-state index in [1.165, 1.54) is 0 Å². The van der Waals surface area contributed by atoms with Crippen LogP contribution in [-0.4, -0.2) is 59.7 Å². The summed E-state index contributed by atoms with van der Waals surface area (Å²) in [5.41, 5.74) is 0. The molecule has 0 aliphatic heterocycles. The molecule has 0 amide bonds. The number of aliphatic hydroxyl groups is 3. The van der Waals surface area contributed by atoms with Gasteiger partial charge in [0.05, 0.1) is 31.5 Å². The summed E-state index contributed by atoms with van der Waals surface area (Å²) in [6, 6.07) is 9.46. The van der Waals surface area contributed by atoms with Crippen LogP contribution in [0.15, 0.2) is 54.6 Å². The molecule has 0 bridgehead atoms. The first kappa shape index (κ1) is 40.0. The third-order valence-electron chi connectivity index (χ3n) is 5.81. The molecule has 0 spiro atoms. The van der Waals surface area contributed by atoms with Gasteiger partial charge in [-0.25, -0.2) is 0 Å². The van der Waals surface area contributed by atoms with Crippen LogP contribution in [0.3, 0.4) is 0 Å². The summed E-state index contributed by atoms with van der Waals surface area (Å²) in [7, 11) is -2.48. The van der Waals surface area contributed by atoms with Crippen LogP contribution in [0.2, 0.25) is 0 Å². The number of allylic oxidation sites excluding steroid dienone is 2. The molecule has 2 rings (SSSR count). The second-order valence-corrected chi connectivity index (χ2v) is 11.3. The van der Waals surface area contributed by atoms with Crippen LogP contribution in [0.25, 0.3) is 0 Å². The smallest absolute Gasteiger partial charge is 0.200 e. The normalized spacial score (nSPS) is 24.3. The molecular formula is C25H39Ac3O6P. The molecule has 1 aromatic carbocycles. The number of benzene rings is 1. The Morgan fingerprint density at radius 3 is 2.46 bits per heavy atom. The summed E-state index contributed by atoms with van der Waals surface area (Å²) in [5, 5.41) is 31.0. The molecule has 3 N–H and O–H groups in total. The van der Waals surface area contributed by atoms with Crippen LogP contribution in [0.4, 0.5) is 0 Å². The van der Waals surface area contributed by atoms with E-state index in [-0.39, 0.29) is 144 Å². The van der Waals surface area contributed by atoms with E-state index < -0.39 is 25.7 Å². The summed E-state index contributed by atoms with van der Waals surface area (Å²) in [5.74, 6) is 0.476. The van der Waals surface area contributed by atoms with E-state index >= 15 is 0 Å². The van der Waals surface area contributed by atoms with Gasteiger partial charge in [0, 0.05) is 164 Å². The zero-order valence-electron chi connectivity index (χ0n) is 21.0. The first-order valence-electron chi connectivity index (χ1n) is 11.6. The summed E-state index contributed by atoms with van der Waals surface area (Å²) < 4.78 is 23.0. The summed E-state index contributed by atoms with van der Waals surface area (Å²) >= 11 is 0. The molecular weight excluding hydrogens is 1110 g/mol. The van der Waals surface area contributed by atoms with Gasteiger partial charge in [0.2, 0.25) is 0 Å². The Labute approximate surface area is 318 Å². The Morgan fingerprint density at radius 1 is 1.11 bits per heavy atom. The molecule has 6 unspecified atom stereocenters. The topological polar surface area (TPSA) is 96.2 Å². The number of aliphatic hydroxyl groups excluding tert-OH is 3. The fraction of sp³-hybridized carbons (Fsp3) is 0.600. The van der Waals surface area contributed by atoms with E-state index in [4.69, 9.17) is 9.26 Å². The van der Waals surface area contributed by atoms with Gasteiger partial charge in [-0.15, -0.1) is 0 Å². The van der Waals surface area contributed by atoms with Crippen LogP contribution < -0.4 is 4.74 Å². The standard InChI is InChI=1S/C25H39O6P.3Ac/c1-3-31-32(2,29)18-10-5-4-9-13-22-23(25(28)19-24(22)27)15-14-20(26)16-17-30-21-11-7-6-8-12-21;;;/h4,6-9,11-12,14-15,20,22-28H,3,5,10,13,16-19H2,1-2H3;;;/b9-4-,15-14+;;;. The minimum atomic E-state index is -2.48. The number of unbranched alkanes of at least 4 members (excludes halogenated alkanes) is 1. The van der Waals surface area contributed by atoms with E-state index in [2.05, 4.69) is 0 Å². The van der Waals surface area contributed by atoms with Crippen molar-refractivity contribution in [2.45, 2.75) is 57.3 Å². The molecule has 1 aliphatic rings. The molecule has 10 heteroatoms. The first-order chi connectivity index (χ1) is 15.3. The maximum Gasteiger partial charge on any atom is 0.200 e. The van der Waals surface area contributed by atoms with Crippen molar-refractivity contribution in [2.24, 2.45) is 11.8 Å². The van der Waals surface area contributed by atoms with E-state index in [1.807, 2.05) is 55.5 Å². The summed E-state index contributed by atoms with van der Waals surface area (Å²) in [6.07, 6.45) is 9.33. The van der Waals surface area contributed by atoms with Crippen molar-refractivity contribution >= 4 is 7.37 Å². The van der Waals surface area contributed by atoms with Crippen LogP contribution in [0.1, 0.15) is 39.0 Å². The average molecular weight is 1150 g/mol. The van der Waals surface area contributed by atoms with Crippen LogP contribution in [-0.2, 0) is 9.09 Å². The SMILES string of the molecule is CCOP(C)(=O)CCC/C=C\CC1C(O)CC(O)C1/C=C/C(O)CCOc1ccccc1.[Ac].[Ac].[Ac]. The first-order valence-corrected chi connectivity index (χ1v) is 13.8. The second-order valence-electron chi connectivity index (χ2n) is 8.52. The molecule has 1 aromatic rings. The van der Waals surface area contributed by atoms with Gasteiger partial charge in [0.25, 0.3) is 0 Å². The quantitative estimate of drug-likeness (QED) is 0.146. The van der Waals surface area contributed by atoms with Crippen molar-refractivity contribution < 1.29 is 161 Å². The van der Waals surface area contributed by atoms with Gasteiger partial charge in [0.1, 0.15) is 5.75 Å². The zero-order chi connectivity index (χ0) is 23.4. The van der Waals surface area contributed by atoms with E-state index in [0.717, 1.165) is 18.6 Å². The Balaban J connectivity index is 0. The molecule has 3 radical (unpaired) electrons. The number of rotatable bonds is 14. The van der Waals surface area contributed by atoms with Crippen molar-refractivity contribution in [3.05, 3.63) is 54.6 Å². The third kappa shape index (κ3) is 16.7. The molecule has 1 fully saturated rings. The van der Waals surface area contributed by atoms with E-state index in [0.29, 0.717) is 38.6 Å². The van der Waals surface area contributed by atoms with Gasteiger partial charge in [-0.3, -0.25) is 4.57 Å². The minimum Gasteiger partial charge on any atom is -0.493 e. The number of hydrogen-bond donors (Lipinski definition) is 3. The molecule has 6 atom stereocenters. The monoisotopic (exact) mass is 1150 g/mol. The molecule has 0 aromatic heterocycles. The van der Waals surface area contributed by atoms with Gasteiger partial charge in [-0.05, 0) is 44.2 Å². The van der Waals surface area contributed by atoms with Crippen LogP contribution >= 0.6 is 7.37 Å². The molecule has 0 heterocycles. The molecule has 35 heavy (non-hydrogen) atoms. The van der Waals surface area contributed by atoms with E-state index in [1.54, 1.807) is 12.7 Å². The third-order valence-corrected chi connectivity index (χ3v) is 7.74. The molecule has 0 saturated heterocycles. The Kier molecular flexibility index (Phi) is 25.8. The number of para-hydroxylation sites is 1. The maximum atomic E-state index is 12.1. The second kappa shape index (κ2) is 22.6. The van der Waals surface area contributed by atoms with Crippen molar-refractivity contribution in [1.29, 1.82) is 0 Å². The largest absolute Gasteiger partial charge is 0.493 e. The van der Waals surface area contributed by atoms with Crippen molar-refractivity contribution in [3.63, 3.8) is 0 Å². The molecule has 189 valence electrons. The van der Waals surface area contributed by atoms with Crippen LogP contribution in [0.5, 0.6) is 5.75 Å². The van der Waals surface area contributed by atoms with Crippen LogP contribution in [0, 0.1) is 144 Å². The van der Waals surface area contributed by atoms with Gasteiger partial charge in [-0.1, -0.05) is 42.5 Å². The molecule has 1 saturated carbocycles. The fourth-order valence-electron chi connectivity index (χ4n) is 4.08.